The Hall–Kier alpha value is -1.96. The number of hydrogen-bond acceptors (Lipinski definition) is 6. The van der Waals surface area contributed by atoms with Crippen molar-refractivity contribution in [2.45, 2.75) is 6.42 Å². The molecule has 1 aromatic heterocycles. The lowest BCUT2D eigenvalue weighted by atomic mass is 10.2. The maximum absolute atomic E-state index is 11.5. The molecular weight excluding hydrogens is 320 g/mol. The molecule has 1 amide bonds. The molecule has 0 saturated heterocycles. The van der Waals surface area contributed by atoms with Gasteiger partial charge in [-0.3, -0.25) is 9.59 Å². The molecule has 0 aliphatic rings. The van der Waals surface area contributed by atoms with E-state index in [4.69, 9.17) is 0 Å². The van der Waals surface area contributed by atoms with E-state index in [1.165, 1.54) is 26.5 Å². The van der Waals surface area contributed by atoms with Crippen LogP contribution in [0.3, 0.4) is 0 Å². The number of ether oxygens (including phenoxy) is 2. The van der Waals surface area contributed by atoms with E-state index in [1.54, 1.807) is 0 Å². The summed E-state index contributed by atoms with van der Waals surface area (Å²) < 4.78 is 9.47. The molecule has 0 bridgehead atoms. The summed E-state index contributed by atoms with van der Waals surface area (Å²) in [4.78, 5) is 37.8. The summed E-state index contributed by atoms with van der Waals surface area (Å²) in [5.41, 5.74) is 0.0963. The smallest absolute Gasteiger partial charge is 0.358 e. The van der Waals surface area contributed by atoms with Crippen molar-refractivity contribution in [3.8, 4) is 0 Å². The molecule has 0 saturated carbocycles. The van der Waals surface area contributed by atoms with Crippen LogP contribution in [0.25, 0.3) is 0 Å². The average molecular weight is 331 g/mol. The minimum atomic E-state index is -0.694. The maximum Gasteiger partial charge on any atom is 0.358 e. The van der Waals surface area contributed by atoms with Crippen molar-refractivity contribution in [1.29, 1.82) is 0 Å². The highest BCUT2D eigenvalue weighted by atomic mass is 79.9. The first-order chi connectivity index (χ1) is 8.97. The van der Waals surface area contributed by atoms with Crippen LogP contribution in [0.5, 0.6) is 0 Å². The lowest BCUT2D eigenvalue weighted by molar-refractivity contribution is -0.142. The molecule has 7 nitrogen and oxygen atoms in total. The van der Waals surface area contributed by atoms with Gasteiger partial charge in [-0.25, -0.2) is 9.78 Å². The van der Waals surface area contributed by atoms with Crippen LogP contribution in [-0.2, 0) is 19.1 Å². The van der Waals surface area contributed by atoms with Crippen LogP contribution in [0, 0.1) is 0 Å². The number of pyridine rings is 1. The average Bonchev–Trinajstić information content (AvgIpc) is 2.37. The van der Waals surface area contributed by atoms with Crippen molar-refractivity contribution in [2.24, 2.45) is 0 Å². The normalized spacial score (nSPS) is 9.63. The zero-order chi connectivity index (χ0) is 14.4. The van der Waals surface area contributed by atoms with Gasteiger partial charge in [0, 0.05) is 10.7 Å². The first-order valence-corrected chi connectivity index (χ1v) is 5.87. The Morgan fingerprint density at radius 2 is 2.00 bits per heavy atom. The Morgan fingerprint density at radius 1 is 1.32 bits per heavy atom. The van der Waals surface area contributed by atoms with Gasteiger partial charge in [-0.1, -0.05) is 0 Å². The van der Waals surface area contributed by atoms with Gasteiger partial charge in [0.15, 0.2) is 5.69 Å². The number of anilines is 1. The molecule has 0 aliphatic heterocycles. The van der Waals surface area contributed by atoms with Gasteiger partial charge < -0.3 is 14.8 Å². The fourth-order valence-corrected chi connectivity index (χ4v) is 1.52. The molecule has 1 rings (SSSR count). The van der Waals surface area contributed by atoms with Crippen LogP contribution >= 0.6 is 15.9 Å². The number of hydrogen-bond donors (Lipinski definition) is 1. The highest BCUT2D eigenvalue weighted by Crippen LogP contribution is 2.20. The summed E-state index contributed by atoms with van der Waals surface area (Å²) in [6.45, 7) is 0. The van der Waals surface area contributed by atoms with Crippen LogP contribution in [0.15, 0.2) is 16.7 Å². The highest BCUT2D eigenvalue weighted by molar-refractivity contribution is 9.10. The summed E-state index contributed by atoms with van der Waals surface area (Å²) in [6, 6.07) is 1.48. The Bertz CT molecular complexity index is 518. The number of carbonyl (C=O) groups excluding carboxylic acids is 3. The lowest BCUT2D eigenvalue weighted by Gasteiger charge is -2.08. The highest BCUT2D eigenvalue weighted by Gasteiger charge is 2.17. The second-order valence-corrected chi connectivity index (χ2v) is 4.26. The Balaban J connectivity index is 2.92. The number of methoxy groups -OCH3 is 2. The molecule has 0 radical (unpaired) electrons. The van der Waals surface area contributed by atoms with Crippen molar-refractivity contribution in [2.75, 3.05) is 19.5 Å². The van der Waals surface area contributed by atoms with Crippen LogP contribution in [-0.4, -0.2) is 37.0 Å². The van der Waals surface area contributed by atoms with Gasteiger partial charge in [0.05, 0.1) is 19.9 Å². The second kappa shape index (κ2) is 6.83. The van der Waals surface area contributed by atoms with E-state index in [2.05, 4.69) is 35.7 Å². The molecule has 0 spiro atoms. The van der Waals surface area contributed by atoms with E-state index in [0.717, 1.165) is 0 Å². The topological polar surface area (TPSA) is 94.6 Å². The first-order valence-electron chi connectivity index (χ1n) is 5.08. The first kappa shape index (κ1) is 15.1. The van der Waals surface area contributed by atoms with Crippen molar-refractivity contribution < 1.29 is 23.9 Å². The van der Waals surface area contributed by atoms with E-state index in [1.807, 2.05) is 0 Å². The third-order valence-electron chi connectivity index (χ3n) is 2.04. The third kappa shape index (κ3) is 4.32. The number of carbonyl (C=O) groups is 3. The molecule has 1 heterocycles. The molecule has 0 aromatic carbocycles. The molecule has 0 atom stereocenters. The molecule has 1 aromatic rings. The third-order valence-corrected chi connectivity index (χ3v) is 2.47. The van der Waals surface area contributed by atoms with E-state index in [-0.39, 0.29) is 11.4 Å². The fraction of sp³-hybridized carbons (Fsp3) is 0.273. The number of amides is 1. The number of rotatable bonds is 4. The van der Waals surface area contributed by atoms with Gasteiger partial charge in [-0.05, 0) is 22.0 Å². The van der Waals surface area contributed by atoms with E-state index >= 15 is 0 Å². The summed E-state index contributed by atoms with van der Waals surface area (Å²) in [5.74, 6) is -1.99. The predicted molar refractivity (Wildman–Crippen MR) is 68.5 cm³/mol. The second-order valence-electron chi connectivity index (χ2n) is 3.34. The number of nitrogens with one attached hydrogen (secondary N) is 1. The van der Waals surface area contributed by atoms with E-state index in [9.17, 15) is 14.4 Å². The van der Waals surface area contributed by atoms with Crippen LogP contribution in [0.1, 0.15) is 16.9 Å². The quantitative estimate of drug-likeness (QED) is 0.657. The fourth-order valence-electron chi connectivity index (χ4n) is 1.19. The van der Waals surface area contributed by atoms with Crippen molar-refractivity contribution in [3.63, 3.8) is 0 Å². The Labute approximate surface area is 117 Å². The number of nitrogens with zero attached hydrogens (tertiary/aromatic N) is 1. The monoisotopic (exact) mass is 330 g/mol. The van der Waals surface area contributed by atoms with Gasteiger partial charge in [-0.15, -0.1) is 0 Å². The molecule has 0 fully saturated rings. The Kier molecular flexibility index (Phi) is 5.43. The van der Waals surface area contributed by atoms with Gasteiger partial charge >= 0.3 is 11.9 Å². The SMILES string of the molecule is COC(=O)CC(=O)Nc1cc(Br)cnc1C(=O)OC. The maximum atomic E-state index is 11.5. The Morgan fingerprint density at radius 3 is 2.58 bits per heavy atom. The summed E-state index contributed by atoms with van der Waals surface area (Å²) >= 11 is 3.16. The number of esters is 2. The molecular formula is C11H11BrN2O5. The van der Waals surface area contributed by atoms with Gasteiger partial charge in [0.1, 0.15) is 6.42 Å². The van der Waals surface area contributed by atoms with E-state index < -0.39 is 24.3 Å². The van der Waals surface area contributed by atoms with Crippen LogP contribution < -0.4 is 5.32 Å². The summed E-state index contributed by atoms with van der Waals surface area (Å²) in [5, 5.41) is 2.40. The minimum absolute atomic E-state index is 0.0519. The van der Waals surface area contributed by atoms with E-state index in [0.29, 0.717) is 4.47 Å². The zero-order valence-electron chi connectivity index (χ0n) is 10.2. The van der Waals surface area contributed by atoms with Gasteiger partial charge in [-0.2, -0.15) is 0 Å². The van der Waals surface area contributed by atoms with Crippen molar-refractivity contribution in [1.82, 2.24) is 4.98 Å². The lowest BCUT2D eigenvalue weighted by Crippen LogP contribution is -2.19. The molecule has 0 aliphatic carbocycles. The van der Waals surface area contributed by atoms with Crippen molar-refractivity contribution in [3.05, 3.63) is 22.4 Å². The summed E-state index contributed by atoms with van der Waals surface area (Å²) in [7, 11) is 2.38. The number of aromatic nitrogens is 1. The van der Waals surface area contributed by atoms with Gasteiger partial charge in [0.2, 0.25) is 5.91 Å². The predicted octanol–water partition coefficient (Wildman–Crippen LogP) is 1.13. The van der Waals surface area contributed by atoms with Crippen LogP contribution in [0.4, 0.5) is 5.69 Å². The largest absolute Gasteiger partial charge is 0.469 e. The molecule has 102 valence electrons. The van der Waals surface area contributed by atoms with Crippen LogP contribution in [0.2, 0.25) is 0 Å². The molecule has 19 heavy (non-hydrogen) atoms. The standard InChI is InChI=1S/C11H11BrN2O5/c1-18-9(16)4-8(15)14-7-3-6(12)5-13-10(7)11(17)19-2/h3,5H,4H2,1-2H3,(H,14,15). The molecule has 8 heteroatoms. The number of halogens is 1. The summed E-state index contributed by atoms with van der Waals surface area (Å²) in [6.07, 6.45) is 0.936. The molecule has 0 unspecified atom stereocenters. The zero-order valence-corrected chi connectivity index (χ0v) is 11.8. The minimum Gasteiger partial charge on any atom is -0.469 e. The van der Waals surface area contributed by atoms with Crippen molar-refractivity contribution >= 4 is 39.5 Å². The van der Waals surface area contributed by atoms with Gasteiger partial charge in [0.25, 0.3) is 0 Å². The molecule has 1 N–H and O–H groups in total.